The molecule has 0 unspecified atom stereocenters. The third-order valence-electron chi connectivity index (χ3n) is 1.54. The molecule has 0 aromatic carbocycles. The lowest BCUT2D eigenvalue weighted by atomic mass is 10.3. The van der Waals surface area contributed by atoms with Gasteiger partial charge in [0.2, 0.25) is 0 Å². The van der Waals surface area contributed by atoms with Gasteiger partial charge in [0, 0.05) is 12.3 Å². The van der Waals surface area contributed by atoms with Crippen LogP contribution in [0, 0.1) is 0 Å². The molecule has 0 saturated heterocycles. The maximum absolute atomic E-state index is 11.2. The molecule has 1 rings (SSSR count). The molecule has 0 saturated carbocycles. The quantitative estimate of drug-likeness (QED) is 0.739. The Kier molecular flexibility index (Phi) is 5.31. The summed E-state index contributed by atoms with van der Waals surface area (Å²) in [4.78, 5) is 15.4. The van der Waals surface area contributed by atoms with Crippen LogP contribution in [0.2, 0.25) is 0 Å². The summed E-state index contributed by atoms with van der Waals surface area (Å²) in [7, 11) is 0. The lowest BCUT2D eigenvalue weighted by Gasteiger charge is -2.01. The van der Waals surface area contributed by atoms with Crippen LogP contribution in [0.4, 0.5) is 4.79 Å². The fraction of sp³-hybridized carbons (Fsp3) is 0.750. The van der Waals surface area contributed by atoms with E-state index in [0.29, 0.717) is 0 Å². The summed E-state index contributed by atoms with van der Waals surface area (Å²) in [5, 5.41) is 2.87. The number of aliphatic imine (C=N–C) groups is 1. The van der Waals surface area contributed by atoms with Crippen molar-refractivity contribution in [2.24, 2.45) is 4.99 Å². The zero-order valence-corrected chi connectivity index (χ0v) is 9.34. The summed E-state index contributed by atoms with van der Waals surface area (Å²) in [6, 6.07) is 0. The molecule has 0 aromatic heterocycles. The van der Waals surface area contributed by atoms with E-state index in [1.54, 1.807) is 11.8 Å². The van der Waals surface area contributed by atoms with Gasteiger partial charge >= 0.3 is 0 Å². The highest BCUT2D eigenvalue weighted by atomic mass is 32.2. The summed E-state index contributed by atoms with van der Waals surface area (Å²) in [5.41, 5.74) is 0. The van der Waals surface area contributed by atoms with E-state index < -0.39 is 0 Å². The average Bonchev–Trinajstić information content (AvgIpc) is 2.57. The fourth-order valence-electron chi connectivity index (χ4n) is 0.860. The number of nitrogens with one attached hydrogen (secondary N) is 1. The second-order valence-corrected chi connectivity index (χ2v) is 4.97. The molecule has 0 bridgehead atoms. The molecule has 1 N–H and O–H groups in total. The van der Waals surface area contributed by atoms with Crippen LogP contribution in [0.5, 0.6) is 0 Å². The molecule has 74 valence electrons. The van der Waals surface area contributed by atoms with Gasteiger partial charge in [-0.25, -0.2) is 0 Å². The molecule has 1 amide bonds. The van der Waals surface area contributed by atoms with Gasteiger partial charge in [-0.05, 0) is 18.2 Å². The lowest BCUT2D eigenvalue weighted by Crippen LogP contribution is -2.20. The maximum atomic E-state index is 11.2. The number of carbonyl (C=O) groups excluding carboxylic acids is 1. The Morgan fingerprint density at radius 1 is 1.77 bits per heavy atom. The first kappa shape index (κ1) is 10.9. The molecular formula is C8H14N2OS2. The summed E-state index contributed by atoms with van der Waals surface area (Å²) in [6.45, 7) is 3.74. The number of thioether (sulfide) groups is 2. The van der Waals surface area contributed by atoms with Crippen LogP contribution in [-0.2, 0) is 0 Å². The van der Waals surface area contributed by atoms with Crippen molar-refractivity contribution in [1.82, 2.24) is 5.32 Å². The van der Waals surface area contributed by atoms with E-state index in [-0.39, 0.29) is 5.24 Å². The first-order valence-corrected chi connectivity index (χ1v) is 6.26. The number of hydrogen-bond donors (Lipinski definition) is 1. The monoisotopic (exact) mass is 218 g/mol. The molecule has 0 aromatic rings. The number of nitrogens with zero attached hydrogens (tertiary/aromatic N) is 1. The van der Waals surface area contributed by atoms with Crippen molar-refractivity contribution in [3.63, 3.8) is 0 Å². The van der Waals surface area contributed by atoms with Crippen LogP contribution in [0.3, 0.4) is 0 Å². The summed E-state index contributed by atoms with van der Waals surface area (Å²) < 4.78 is 0.911. The largest absolute Gasteiger partial charge is 0.347 e. The standard InChI is InChI=1S/C8H14N2OS2/c1-2-3-4-9-7(11)13-8-10-5-6-12-8/h2-6H2,1H3,(H,9,11). The number of rotatable bonds is 3. The van der Waals surface area contributed by atoms with Gasteiger partial charge in [-0.15, -0.1) is 0 Å². The zero-order valence-electron chi connectivity index (χ0n) is 7.71. The molecule has 0 atom stereocenters. The number of amides is 1. The highest BCUT2D eigenvalue weighted by Gasteiger charge is 2.12. The Labute approximate surface area is 87.1 Å². The van der Waals surface area contributed by atoms with Crippen molar-refractivity contribution in [3.8, 4) is 0 Å². The van der Waals surface area contributed by atoms with Gasteiger partial charge < -0.3 is 5.32 Å². The third kappa shape index (κ3) is 4.57. The Balaban J connectivity index is 2.10. The topological polar surface area (TPSA) is 41.5 Å². The second-order valence-electron chi connectivity index (χ2n) is 2.67. The third-order valence-corrected chi connectivity index (χ3v) is 3.54. The maximum Gasteiger partial charge on any atom is 0.285 e. The van der Waals surface area contributed by atoms with Gasteiger partial charge in [0.15, 0.2) is 0 Å². The number of unbranched alkanes of at least 4 members (excludes halogenated alkanes) is 1. The van der Waals surface area contributed by atoms with Crippen LogP contribution in [0.25, 0.3) is 0 Å². The van der Waals surface area contributed by atoms with E-state index in [9.17, 15) is 4.79 Å². The second kappa shape index (κ2) is 6.32. The van der Waals surface area contributed by atoms with Crippen LogP contribution >= 0.6 is 23.5 Å². The van der Waals surface area contributed by atoms with E-state index in [1.165, 1.54) is 11.8 Å². The van der Waals surface area contributed by atoms with Gasteiger partial charge in [-0.2, -0.15) is 0 Å². The first-order chi connectivity index (χ1) is 6.33. The normalized spacial score (nSPS) is 15.6. The first-order valence-electron chi connectivity index (χ1n) is 4.46. The molecule has 0 aliphatic carbocycles. The van der Waals surface area contributed by atoms with E-state index in [1.807, 2.05) is 0 Å². The van der Waals surface area contributed by atoms with Crippen LogP contribution < -0.4 is 5.32 Å². The van der Waals surface area contributed by atoms with Crippen molar-refractivity contribution in [2.75, 3.05) is 18.8 Å². The van der Waals surface area contributed by atoms with E-state index in [4.69, 9.17) is 0 Å². The molecule has 3 nitrogen and oxygen atoms in total. The molecular weight excluding hydrogens is 204 g/mol. The van der Waals surface area contributed by atoms with Gasteiger partial charge in [0.05, 0.1) is 6.54 Å². The van der Waals surface area contributed by atoms with E-state index in [2.05, 4.69) is 17.2 Å². The lowest BCUT2D eigenvalue weighted by molar-refractivity contribution is 0.261. The molecule has 1 aliphatic rings. The van der Waals surface area contributed by atoms with Gasteiger partial charge in [0.25, 0.3) is 5.24 Å². The molecule has 0 fully saturated rings. The van der Waals surface area contributed by atoms with Crippen molar-refractivity contribution >= 4 is 33.1 Å². The SMILES string of the molecule is CCCCNC(=O)SC1=NCCS1. The average molecular weight is 218 g/mol. The Hall–Kier alpha value is -0.160. The zero-order chi connectivity index (χ0) is 9.52. The highest BCUT2D eigenvalue weighted by Crippen LogP contribution is 2.22. The predicted octanol–water partition coefficient (Wildman–Crippen LogP) is 2.33. The van der Waals surface area contributed by atoms with E-state index >= 15 is 0 Å². The van der Waals surface area contributed by atoms with Crippen molar-refractivity contribution in [2.45, 2.75) is 19.8 Å². The predicted molar refractivity (Wildman–Crippen MR) is 60.7 cm³/mol. The Morgan fingerprint density at radius 2 is 2.62 bits per heavy atom. The number of hydrogen-bond acceptors (Lipinski definition) is 4. The molecule has 1 heterocycles. The summed E-state index contributed by atoms with van der Waals surface area (Å²) in [5.74, 6) is 1.02. The summed E-state index contributed by atoms with van der Waals surface area (Å²) >= 11 is 2.88. The minimum absolute atomic E-state index is 0.0293. The highest BCUT2D eigenvalue weighted by molar-refractivity contribution is 8.45. The molecule has 0 radical (unpaired) electrons. The van der Waals surface area contributed by atoms with Crippen LogP contribution in [0.15, 0.2) is 4.99 Å². The minimum atomic E-state index is 0.0293. The van der Waals surface area contributed by atoms with Crippen LogP contribution in [-0.4, -0.2) is 28.5 Å². The number of carbonyl (C=O) groups is 1. The van der Waals surface area contributed by atoms with Gasteiger partial charge in [-0.1, -0.05) is 25.1 Å². The Bertz CT molecular complexity index is 206. The van der Waals surface area contributed by atoms with Crippen molar-refractivity contribution < 1.29 is 4.79 Å². The summed E-state index contributed by atoms with van der Waals surface area (Å²) in [6.07, 6.45) is 2.16. The Morgan fingerprint density at radius 3 is 3.23 bits per heavy atom. The fourth-order valence-corrected chi connectivity index (χ4v) is 2.60. The minimum Gasteiger partial charge on any atom is -0.347 e. The smallest absolute Gasteiger partial charge is 0.285 e. The molecule has 5 heteroatoms. The van der Waals surface area contributed by atoms with Crippen molar-refractivity contribution in [1.29, 1.82) is 0 Å². The van der Waals surface area contributed by atoms with E-state index in [0.717, 1.165) is 36.1 Å². The van der Waals surface area contributed by atoms with Gasteiger partial charge in [0.1, 0.15) is 4.38 Å². The molecule has 13 heavy (non-hydrogen) atoms. The molecule has 1 aliphatic heterocycles. The van der Waals surface area contributed by atoms with Crippen molar-refractivity contribution in [3.05, 3.63) is 0 Å². The van der Waals surface area contributed by atoms with Gasteiger partial charge in [-0.3, -0.25) is 9.79 Å². The van der Waals surface area contributed by atoms with Crippen LogP contribution in [0.1, 0.15) is 19.8 Å². The molecule has 0 spiro atoms.